The fourth-order valence-corrected chi connectivity index (χ4v) is 5.67. The van der Waals surface area contributed by atoms with Crippen molar-refractivity contribution in [1.29, 1.82) is 0 Å². The number of rotatable bonds is 7. The fraction of sp³-hybridized carbons (Fsp3) is 0.458. The third kappa shape index (κ3) is 5.49. The van der Waals surface area contributed by atoms with Crippen LogP contribution < -0.4 is 5.32 Å². The van der Waals surface area contributed by atoms with E-state index in [0.717, 1.165) is 31.2 Å². The first-order chi connectivity index (χ1) is 14.3. The van der Waals surface area contributed by atoms with Gasteiger partial charge in [-0.3, -0.25) is 4.79 Å². The smallest absolute Gasteiger partial charge is 0.251 e. The Balaban J connectivity index is 1.67. The van der Waals surface area contributed by atoms with E-state index in [1.807, 2.05) is 0 Å². The van der Waals surface area contributed by atoms with E-state index in [-0.39, 0.29) is 17.7 Å². The monoisotopic (exact) mass is 428 g/mol. The average Bonchev–Trinajstić information content (AvgIpc) is 2.73. The van der Waals surface area contributed by atoms with E-state index < -0.39 is 10.0 Å². The van der Waals surface area contributed by atoms with Crippen molar-refractivity contribution in [3.63, 3.8) is 0 Å². The van der Waals surface area contributed by atoms with E-state index in [2.05, 4.69) is 44.3 Å². The molecule has 0 radical (unpaired) electrons. The molecule has 1 amide bonds. The molecule has 0 aliphatic carbocycles. The molecule has 6 heteroatoms. The van der Waals surface area contributed by atoms with Crippen molar-refractivity contribution < 1.29 is 13.2 Å². The number of aryl methyl sites for hydroxylation is 2. The van der Waals surface area contributed by atoms with Gasteiger partial charge in [-0.25, -0.2) is 12.7 Å². The summed E-state index contributed by atoms with van der Waals surface area (Å²) in [6, 6.07) is 13.1. The van der Waals surface area contributed by atoms with Gasteiger partial charge in [0.05, 0.1) is 11.8 Å². The van der Waals surface area contributed by atoms with E-state index in [0.29, 0.717) is 24.2 Å². The van der Waals surface area contributed by atoms with Crippen molar-refractivity contribution in [2.45, 2.75) is 58.2 Å². The van der Waals surface area contributed by atoms with Crippen LogP contribution in [0.2, 0.25) is 0 Å². The molecule has 2 aromatic rings. The molecular formula is C24H32N2O3S. The van der Waals surface area contributed by atoms with Crippen molar-refractivity contribution in [2.75, 3.05) is 13.1 Å². The summed E-state index contributed by atoms with van der Waals surface area (Å²) in [7, 11) is -3.30. The van der Waals surface area contributed by atoms with Crippen LogP contribution in [0.15, 0.2) is 42.5 Å². The SMILES string of the molecule is CC[C@H](NC(=O)c1ccc(CS(=O)(=O)N2CCCCC2)cc1)c1ccc(C)cc1C. The molecule has 162 valence electrons. The Morgan fingerprint density at radius 1 is 1.03 bits per heavy atom. The molecule has 1 N–H and O–H groups in total. The molecule has 1 aliphatic heterocycles. The standard InChI is InChI=1S/C24H32N2O3S/c1-4-23(22-13-8-18(2)16-19(22)3)25-24(27)21-11-9-20(10-12-21)17-30(28,29)26-14-6-5-7-15-26/h8-13,16,23H,4-7,14-15,17H2,1-3H3,(H,25,27)/t23-/m0/s1. The van der Waals surface area contributed by atoms with Crippen LogP contribution in [-0.4, -0.2) is 31.7 Å². The number of carbonyl (C=O) groups is 1. The molecule has 3 rings (SSSR count). The maximum Gasteiger partial charge on any atom is 0.251 e. The topological polar surface area (TPSA) is 66.5 Å². The van der Waals surface area contributed by atoms with Crippen molar-refractivity contribution in [2.24, 2.45) is 0 Å². The second-order valence-electron chi connectivity index (χ2n) is 8.21. The highest BCUT2D eigenvalue weighted by atomic mass is 32.2. The second-order valence-corrected chi connectivity index (χ2v) is 10.2. The molecule has 0 spiro atoms. The number of benzene rings is 2. The summed E-state index contributed by atoms with van der Waals surface area (Å²) in [5.41, 5.74) is 4.74. The number of carbonyl (C=O) groups excluding carboxylic acids is 1. The highest BCUT2D eigenvalue weighted by Gasteiger charge is 2.24. The average molecular weight is 429 g/mol. The first-order valence-electron chi connectivity index (χ1n) is 10.7. The molecule has 30 heavy (non-hydrogen) atoms. The number of nitrogens with one attached hydrogen (secondary N) is 1. The van der Waals surface area contributed by atoms with Gasteiger partial charge in [-0.05, 0) is 61.9 Å². The van der Waals surface area contributed by atoms with Gasteiger partial charge in [-0.1, -0.05) is 49.2 Å². The van der Waals surface area contributed by atoms with Crippen LogP contribution in [-0.2, 0) is 15.8 Å². The van der Waals surface area contributed by atoms with Crippen LogP contribution in [0.3, 0.4) is 0 Å². The maximum absolute atomic E-state index is 12.8. The number of sulfonamides is 1. The van der Waals surface area contributed by atoms with E-state index in [1.54, 1.807) is 28.6 Å². The molecule has 0 bridgehead atoms. The van der Waals surface area contributed by atoms with Gasteiger partial charge in [0, 0.05) is 18.7 Å². The molecule has 5 nitrogen and oxygen atoms in total. The summed E-state index contributed by atoms with van der Waals surface area (Å²) in [5, 5.41) is 3.11. The lowest BCUT2D eigenvalue weighted by atomic mass is 9.97. The van der Waals surface area contributed by atoms with Gasteiger partial charge in [-0.15, -0.1) is 0 Å². The number of nitrogens with zero attached hydrogens (tertiary/aromatic N) is 1. The quantitative estimate of drug-likeness (QED) is 0.706. The number of piperidine rings is 1. The Morgan fingerprint density at radius 2 is 1.70 bits per heavy atom. The maximum atomic E-state index is 12.8. The number of amides is 1. The van der Waals surface area contributed by atoms with Gasteiger partial charge in [-0.2, -0.15) is 0 Å². The third-order valence-electron chi connectivity index (χ3n) is 5.79. The first-order valence-corrected chi connectivity index (χ1v) is 12.4. The van der Waals surface area contributed by atoms with Gasteiger partial charge >= 0.3 is 0 Å². The minimum Gasteiger partial charge on any atom is -0.345 e. The van der Waals surface area contributed by atoms with Crippen LogP contribution in [0.5, 0.6) is 0 Å². The minimum absolute atomic E-state index is 0.0188. The van der Waals surface area contributed by atoms with Gasteiger partial charge in [0.15, 0.2) is 0 Å². The van der Waals surface area contributed by atoms with Crippen molar-refractivity contribution in [3.05, 3.63) is 70.3 Å². The Kier molecular flexibility index (Phi) is 7.32. The zero-order valence-corrected chi connectivity index (χ0v) is 19.0. The molecule has 1 atom stereocenters. The van der Waals surface area contributed by atoms with Crippen LogP contribution in [0.1, 0.15) is 71.3 Å². The zero-order chi connectivity index (χ0) is 21.7. The Bertz CT molecular complexity index is 978. The summed E-state index contributed by atoms with van der Waals surface area (Å²) in [6.45, 7) is 7.40. The Labute approximate surface area is 180 Å². The normalized spacial score (nSPS) is 16.2. The Hall–Kier alpha value is -2.18. The highest BCUT2D eigenvalue weighted by Crippen LogP contribution is 2.23. The lowest BCUT2D eigenvalue weighted by molar-refractivity contribution is 0.0935. The van der Waals surface area contributed by atoms with E-state index in [4.69, 9.17) is 0 Å². The van der Waals surface area contributed by atoms with Gasteiger partial charge in [0.25, 0.3) is 5.91 Å². The minimum atomic E-state index is -3.30. The predicted molar refractivity (Wildman–Crippen MR) is 121 cm³/mol. The molecule has 0 unspecified atom stereocenters. The van der Waals surface area contributed by atoms with Gasteiger partial charge in [0.2, 0.25) is 10.0 Å². The van der Waals surface area contributed by atoms with Gasteiger partial charge < -0.3 is 5.32 Å². The largest absolute Gasteiger partial charge is 0.345 e. The first kappa shape index (κ1) is 22.5. The fourth-order valence-electron chi connectivity index (χ4n) is 4.06. The summed E-state index contributed by atoms with van der Waals surface area (Å²) < 4.78 is 26.8. The zero-order valence-electron chi connectivity index (χ0n) is 18.1. The van der Waals surface area contributed by atoms with Crippen molar-refractivity contribution in [1.82, 2.24) is 9.62 Å². The number of hydrogen-bond donors (Lipinski definition) is 1. The molecule has 1 heterocycles. The third-order valence-corrected chi connectivity index (χ3v) is 7.64. The highest BCUT2D eigenvalue weighted by molar-refractivity contribution is 7.88. The summed E-state index contributed by atoms with van der Waals surface area (Å²) in [5.74, 6) is -0.165. The molecule has 1 aliphatic rings. The van der Waals surface area contributed by atoms with Crippen LogP contribution in [0.25, 0.3) is 0 Å². The molecule has 0 aromatic heterocycles. The second kappa shape index (κ2) is 9.75. The lowest BCUT2D eigenvalue weighted by Gasteiger charge is -2.25. The lowest BCUT2D eigenvalue weighted by Crippen LogP contribution is -2.36. The van der Waals surface area contributed by atoms with Crippen LogP contribution in [0.4, 0.5) is 0 Å². The molecular weight excluding hydrogens is 396 g/mol. The molecule has 2 aromatic carbocycles. The molecule has 0 saturated carbocycles. The van der Waals surface area contributed by atoms with E-state index in [1.165, 1.54) is 11.1 Å². The molecule has 1 saturated heterocycles. The van der Waals surface area contributed by atoms with E-state index in [9.17, 15) is 13.2 Å². The van der Waals surface area contributed by atoms with Gasteiger partial charge in [0.1, 0.15) is 0 Å². The summed E-state index contributed by atoms with van der Waals surface area (Å²) >= 11 is 0. The predicted octanol–water partition coefficient (Wildman–Crippen LogP) is 4.50. The number of hydrogen-bond acceptors (Lipinski definition) is 3. The summed E-state index contributed by atoms with van der Waals surface area (Å²) in [4.78, 5) is 12.8. The molecule has 1 fully saturated rings. The van der Waals surface area contributed by atoms with Crippen LogP contribution in [0, 0.1) is 13.8 Å². The van der Waals surface area contributed by atoms with Crippen molar-refractivity contribution >= 4 is 15.9 Å². The van der Waals surface area contributed by atoms with Crippen LogP contribution >= 0.6 is 0 Å². The summed E-state index contributed by atoms with van der Waals surface area (Å²) in [6.07, 6.45) is 3.74. The van der Waals surface area contributed by atoms with Crippen molar-refractivity contribution in [3.8, 4) is 0 Å². The van der Waals surface area contributed by atoms with E-state index >= 15 is 0 Å². The Morgan fingerprint density at radius 3 is 2.30 bits per heavy atom.